The average Bonchev–Trinajstić information content (AvgIpc) is 2.86. The second kappa shape index (κ2) is 3.62. The van der Waals surface area contributed by atoms with Crippen molar-refractivity contribution in [1.29, 1.82) is 0 Å². The first-order chi connectivity index (χ1) is 8.24. The third kappa shape index (κ3) is 1.65. The molecule has 5 heteroatoms. The highest BCUT2D eigenvalue weighted by molar-refractivity contribution is 5.35. The molecule has 0 saturated heterocycles. The molecule has 0 saturated carbocycles. The van der Waals surface area contributed by atoms with Gasteiger partial charge in [-0.1, -0.05) is 6.07 Å². The maximum Gasteiger partial charge on any atom is 0.350 e. The zero-order valence-electron chi connectivity index (χ0n) is 9.33. The van der Waals surface area contributed by atoms with Crippen LogP contribution in [0.25, 0.3) is 5.65 Å². The number of hydrogen-bond donors (Lipinski definition) is 0. The van der Waals surface area contributed by atoms with E-state index in [-0.39, 0.29) is 5.69 Å². The quantitative estimate of drug-likeness (QED) is 0.668. The minimum atomic E-state index is -0.158. The standard InChI is InChI=1S/C12H11N3O2/c1-9-5-6-10(17-9)8-15-12(16)14-7-3-2-4-11(14)13-15/h2-7H,8H2,1H3. The fourth-order valence-electron chi connectivity index (χ4n) is 1.79. The SMILES string of the molecule is Cc1ccc(Cn2nc3ccccn3c2=O)o1. The van der Waals surface area contributed by atoms with Crippen molar-refractivity contribution in [2.24, 2.45) is 0 Å². The number of nitrogens with zero attached hydrogens (tertiary/aromatic N) is 3. The van der Waals surface area contributed by atoms with Crippen LogP contribution in [0.15, 0.2) is 45.7 Å². The van der Waals surface area contributed by atoms with Gasteiger partial charge in [0, 0.05) is 6.20 Å². The molecular weight excluding hydrogens is 218 g/mol. The molecule has 17 heavy (non-hydrogen) atoms. The molecule has 0 fully saturated rings. The van der Waals surface area contributed by atoms with Gasteiger partial charge in [0.2, 0.25) is 0 Å². The predicted molar refractivity (Wildman–Crippen MR) is 62.0 cm³/mol. The molecule has 0 amide bonds. The van der Waals surface area contributed by atoms with E-state index in [2.05, 4.69) is 5.10 Å². The molecule has 0 aliphatic heterocycles. The Kier molecular flexibility index (Phi) is 2.11. The van der Waals surface area contributed by atoms with E-state index in [1.807, 2.05) is 25.1 Å². The largest absolute Gasteiger partial charge is 0.464 e. The highest BCUT2D eigenvalue weighted by Crippen LogP contribution is 2.07. The number of pyridine rings is 1. The Balaban J connectivity index is 2.06. The van der Waals surface area contributed by atoms with E-state index in [1.54, 1.807) is 18.3 Å². The van der Waals surface area contributed by atoms with Gasteiger partial charge >= 0.3 is 5.69 Å². The summed E-state index contributed by atoms with van der Waals surface area (Å²) in [6.07, 6.45) is 1.70. The Labute approximate surface area is 96.9 Å². The highest BCUT2D eigenvalue weighted by atomic mass is 16.3. The maximum atomic E-state index is 12.0. The molecule has 3 aromatic rings. The Morgan fingerprint density at radius 2 is 2.18 bits per heavy atom. The van der Waals surface area contributed by atoms with Gasteiger partial charge in [-0.25, -0.2) is 9.48 Å². The monoisotopic (exact) mass is 229 g/mol. The molecule has 5 nitrogen and oxygen atoms in total. The second-order valence-electron chi connectivity index (χ2n) is 3.88. The lowest BCUT2D eigenvalue weighted by Gasteiger charge is -1.94. The topological polar surface area (TPSA) is 52.4 Å². The van der Waals surface area contributed by atoms with E-state index in [4.69, 9.17) is 4.42 Å². The Hall–Kier alpha value is -2.30. The fraction of sp³-hybridized carbons (Fsp3) is 0.167. The number of aryl methyl sites for hydroxylation is 1. The summed E-state index contributed by atoms with van der Waals surface area (Å²) in [5.41, 5.74) is 0.482. The summed E-state index contributed by atoms with van der Waals surface area (Å²) in [4.78, 5) is 12.0. The molecule has 0 atom stereocenters. The van der Waals surface area contributed by atoms with E-state index >= 15 is 0 Å². The van der Waals surface area contributed by atoms with Crippen LogP contribution in [0.3, 0.4) is 0 Å². The Morgan fingerprint density at radius 3 is 2.88 bits per heavy atom. The fourth-order valence-corrected chi connectivity index (χ4v) is 1.79. The van der Waals surface area contributed by atoms with Crippen LogP contribution in [0.5, 0.6) is 0 Å². The van der Waals surface area contributed by atoms with Crippen LogP contribution in [0.1, 0.15) is 11.5 Å². The molecule has 0 radical (unpaired) electrons. The summed E-state index contributed by atoms with van der Waals surface area (Å²) in [6.45, 7) is 2.23. The lowest BCUT2D eigenvalue weighted by molar-refractivity contribution is 0.455. The number of furan rings is 1. The van der Waals surface area contributed by atoms with Gasteiger partial charge in [0.05, 0.1) is 0 Å². The molecule has 3 aromatic heterocycles. The molecule has 0 unspecified atom stereocenters. The summed E-state index contributed by atoms with van der Waals surface area (Å²) in [6, 6.07) is 9.17. The van der Waals surface area contributed by atoms with Crippen molar-refractivity contribution in [3.05, 3.63) is 58.5 Å². The van der Waals surface area contributed by atoms with Crippen molar-refractivity contribution in [2.45, 2.75) is 13.5 Å². The highest BCUT2D eigenvalue weighted by Gasteiger charge is 2.08. The minimum Gasteiger partial charge on any atom is -0.464 e. The minimum absolute atomic E-state index is 0.158. The molecule has 86 valence electrons. The first-order valence-electron chi connectivity index (χ1n) is 5.33. The second-order valence-corrected chi connectivity index (χ2v) is 3.88. The molecule has 3 heterocycles. The number of rotatable bonds is 2. The Bertz CT molecular complexity index is 721. The first kappa shape index (κ1) is 9.89. The molecule has 0 aromatic carbocycles. The first-order valence-corrected chi connectivity index (χ1v) is 5.33. The average molecular weight is 229 g/mol. The Morgan fingerprint density at radius 1 is 1.29 bits per heavy atom. The van der Waals surface area contributed by atoms with Gasteiger partial charge in [-0.15, -0.1) is 5.10 Å². The summed E-state index contributed by atoms with van der Waals surface area (Å²) in [5.74, 6) is 1.56. The van der Waals surface area contributed by atoms with Crippen LogP contribution in [-0.4, -0.2) is 14.2 Å². The van der Waals surface area contributed by atoms with Crippen LogP contribution >= 0.6 is 0 Å². The van der Waals surface area contributed by atoms with Crippen LogP contribution in [0.4, 0.5) is 0 Å². The lowest BCUT2D eigenvalue weighted by atomic mass is 10.4. The van der Waals surface area contributed by atoms with E-state index in [0.29, 0.717) is 12.2 Å². The van der Waals surface area contributed by atoms with Crippen molar-refractivity contribution >= 4 is 5.65 Å². The lowest BCUT2D eigenvalue weighted by Crippen LogP contribution is -2.21. The normalized spacial score (nSPS) is 11.1. The van der Waals surface area contributed by atoms with Gasteiger partial charge in [0.25, 0.3) is 0 Å². The zero-order chi connectivity index (χ0) is 11.8. The molecule has 0 bridgehead atoms. The van der Waals surface area contributed by atoms with Gasteiger partial charge in [-0.3, -0.25) is 4.40 Å². The van der Waals surface area contributed by atoms with Crippen molar-refractivity contribution in [1.82, 2.24) is 14.2 Å². The number of aromatic nitrogens is 3. The van der Waals surface area contributed by atoms with Gasteiger partial charge in [0.15, 0.2) is 5.65 Å². The zero-order valence-corrected chi connectivity index (χ0v) is 9.33. The number of fused-ring (bicyclic) bond motifs is 1. The predicted octanol–water partition coefficient (Wildman–Crippen LogP) is 1.45. The van der Waals surface area contributed by atoms with Gasteiger partial charge < -0.3 is 4.42 Å². The van der Waals surface area contributed by atoms with Crippen LogP contribution in [0.2, 0.25) is 0 Å². The molecule has 0 aliphatic rings. The summed E-state index contributed by atoms with van der Waals surface area (Å²) < 4.78 is 8.34. The van der Waals surface area contributed by atoms with Crippen LogP contribution in [0, 0.1) is 6.92 Å². The molecular formula is C12H11N3O2. The third-order valence-corrected chi connectivity index (χ3v) is 2.59. The summed E-state index contributed by atoms with van der Waals surface area (Å²) in [7, 11) is 0. The van der Waals surface area contributed by atoms with Gasteiger partial charge in [0.1, 0.15) is 18.1 Å². The van der Waals surface area contributed by atoms with Crippen molar-refractivity contribution in [3.8, 4) is 0 Å². The van der Waals surface area contributed by atoms with Crippen LogP contribution < -0.4 is 5.69 Å². The van der Waals surface area contributed by atoms with E-state index in [9.17, 15) is 4.79 Å². The smallest absolute Gasteiger partial charge is 0.350 e. The van der Waals surface area contributed by atoms with Crippen LogP contribution in [-0.2, 0) is 6.54 Å². The van der Waals surface area contributed by atoms with Crippen molar-refractivity contribution < 1.29 is 4.42 Å². The third-order valence-electron chi connectivity index (χ3n) is 2.59. The summed E-state index contributed by atoms with van der Waals surface area (Å²) >= 11 is 0. The van der Waals surface area contributed by atoms with Gasteiger partial charge in [-0.2, -0.15) is 0 Å². The molecule has 0 N–H and O–H groups in total. The maximum absolute atomic E-state index is 12.0. The molecule has 0 spiro atoms. The number of hydrogen-bond acceptors (Lipinski definition) is 3. The molecule has 0 aliphatic carbocycles. The van der Waals surface area contributed by atoms with E-state index in [0.717, 1.165) is 11.5 Å². The van der Waals surface area contributed by atoms with Crippen molar-refractivity contribution in [2.75, 3.05) is 0 Å². The van der Waals surface area contributed by atoms with E-state index < -0.39 is 0 Å². The van der Waals surface area contributed by atoms with E-state index in [1.165, 1.54) is 9.08 Å². The summed E-state index contributed by atoms with van der Waals surface area (Å²) in [5, 5.41) is 4.22. The molecule has 3 rings (SSSR count). The van der Waals surface area contributed by atoms with Crippen molar-refractivity contribution in [3.63, 3.8) is 0 Å². The van der Waals surface area contributed by atoms with Gasteiger partial charge in [-0.05, 0) is 31.2 Å².